The van der Waals surface area contributed by atoms with Gasteiger partial charge >= 0.3 is 0 Å². The summed E-state index contributed by atoms with van der Waals surface area (Å²) in [7, 11) is 0. The predicted molar refractivity (Wildman–Crippen MR) is 53.0 cm³/mol. The third kappa shape index (κ3) is 2.27. The van der Waals surface area contributed by atoms with Gasteiger partial charge in [0, 0.05) is 19.4 Å². The minimum Gasteiger partial charge on any atom is -0.396 e. The Hall–Kier alpha value is -0.120. The van der Waals surface area contributed by atoms with Crippen molar-refractivity contribution in [1.29, 1.82) is 0 Å². The molecule has 2 aliphatic rings. The highest BCUT2D eigenvalue weighted by Gasteiger charge is 2.43. The van der Waals surface area contributed by atoms with Gasteiger partial charge in [-0.3, -0.25) is 0 Å². The lowest BCUT2D eigenvalue weighted by Crippen LogP contribution is -2.26. The van der Waals surface area contributed by atoms with Crippen LogP contribution in [0.15, 0.2) is 0 Å². The molecule has 3 heteroatoms. The van der Waals surface area contributed by atoms with E-state index < -0.39 is 0 Å². The Bertz CT molecular complexity index is 175. The molecule has 0 aromatic heterocycles. The summed E-state index contributed by atoms with van der Waals surface area (Å²) < 4.78 is 11.7. The molecule has 1 aliphatic heterocycles. The van der Waals surface area contributed by atoms with Gasteiger partial charge in [0.05, 0.1) is 12.7 Å². The van der Waals surface area contributed by atoms with Crippen LogP contribution in [-0.4, -0.2) is 30.2 Å². The molecular weight excluding hydrogens is 180 g/mol. The molecule has 3 nitrogen and oxygen atoms in total. The van der Waals surface area contributed by atoms with Gasteiger partial charge in [0.2, 0.25) is 0 Å². The normalized spacial score (nSPS) is 30.2. The Labute approximate surface area is 85.4 Å². The van der Waals surface area contributed by atoms with Crippen LogP contribution < -0.4 is 0 Å². The van der Waals surface area contributed by atoms with Gasteiger partial charge in [0.1, 0.15) is 0 Å². The quantitative estimate of drug-likeness (QED) is 0.704. The van der Waals surface area contributed by atoms with E-state index in [0.717, 1.165) is 38.7 Å². The van der Waals surface area contributed by atoms with E-state index in [4.69, 9.17) is 14.6 Å². The zero-order valence-electron chi connectivity index (χ0n) is 8.71. The molecule has 0 bridgehead atoms. The summed E-state index contributed by atoms with van der Waals surface area (Å²) in [5.74, 6) is -0.204. The first-order chi connectivity index (χ1) is 6.85. The molecule has 82 valence electrons. The maximum absolute atomic E-state index is 8.67. The maximum atomic E-state index is 8.67. The molecule has 1 saturated carbocycles. The van der Waals surface area contributed by atoms with Crippen molar-refractivity contribution in [2.45, 2.75) is 56.8 Å². The van der Waals surface area contributed by atoms with Crippen LogP contribution in [-0.2, 0) is 9.47 Å². The zero-order chi connectivity index (χ0) is 9.86. The first-order valence-electron chi connectivity index (χ1n) is 5.77. The molecule has 0 aromatic carbocycles. The number of rotatable bonds is 4. The van der Waals surface area contributed by atoms with Gasteiger partial charge in [-0.25, -0.2) is 0 Å². The van der Waals surface area contributed by atoms with E-state index in [0.29, 0.717) is 6.61 Å². The van der Waals surface area contributed by atoms with Crippen molar-refractivity contribution < 1.29 is 14.6 Å². The van der Waals surface area contributed by atoms with Gasteiger partial charge in [-0.05, 0) is 32.1 Å². The van der Waals surface area contributed by atoms with E-state index >= 15 is 0 Å². The monoisotopic (exact) mass is 200 g/mol. The van der Waals surface area contributed by atoms with E-state index in [1.165, 1.54) is 12.8 Å². The Balaban J connectivity index is 1.71. The number of aliphatic hydroxyl groups is 1. The van der Waals surface area contributed by atoms with Crippen molar-refractivity contribution in [3.63, 3.8) is 0 Å². The van der Waals surface area contributed by atoms with Crippen LogP contribution in [0.3, 0.4) is 0 Å². The highest BCUT2D eigenvalue weighted by Crippen LogP contribution is 2.39. The molecule has 1 aliphatic carbocycles. The van der Waals surface area contributed by atoms with E-state index in [-0.39, 0.29) is 11.9 Å². The van der Waals surface area contributed by atoms with Crippen LogP contribution in [0.1, 0.15) is 44.9 Å². The largest absolute Gasteiger partial charge is 0.396 e. The lowest BCUT2D eigenvalue weighted by molar-refractivity contribution is -0.162. The van der Waals surface area contributed by atoms with Gasteiger partial charge in [-0.1, -0.05) is 0 Å². The molecule has 0 radical (unpaired) electrons. The second-order valence-corrected chi connectivity index (χ2v) is 4.39. The second-order valence-electron chi connectivity index (χ2n) is 4.39. The SMILES string of the molecule is OCCCC[C@@H]1COC2(CCCC2)O1. The standard InChI is InChI=1S/C11H20O3/c12-8-4-1-5-10-9-13-11(14-10)6-2-3-7-11/h10,12H,1-9H2/t10-/m1/s1. The fourth-order valence-corrected chi connectivity index (χ4v) is 2.42. The predicted octanol–water partition coefficient (Wildman–Crippen LogP) is 1.83. The van der Waals surface area contributed by atoms with Crippen molar-refractivity contribution in [2.24, 2.45) is 0 Å². The van der Waals surface area contributed by atoms with Crippen molar-refractivity contribution >= 4 is 0 Å². The Morgan fingerprint density at radius 3 is 2.71 bits per heavy atom. The number of ether oxygens (including phenoxy) is 2. The van der Waals surface area contributed by atoms with Gasteiger partial charge in [0.25, 0.3) is 0 Å². The zero-order valence-corrected chi connectivity index (χ0v) is 8.71. The molecule has 1 N–H and O–H groups in total. The Morgan fingerprint density at radius 1 is 1.21 bits per heavy atom. The number of aliphatic hydroxyl groups excluding tert-OH is 1. The van der Waals surface area contributed by atoms with Crippen molar-refractivity contribution in [3.8, 4) is 0 Å². The molecule has 1 saturated heterocycles. The molecule has 1 atom stereocenters. The van der Waals surface area contributed by atoms with Crippen LogP contribution >= 0.6 is 0 Å². The Morgan fingerprint density at radius 2 is 2.00 bits per heavy atom. The van der Waals surface area contributed by atoms with Gasteiger partial charge in [-0.15, -0.1) is 0 Å². The van der Waals surface area contributed by atoms with Crippen LogP contribution in [0.25, 0.3) is 0 Å². The van der Waals surface area contributed by atoms with E-state index in [1.807, 2.05) is 0 Å². The molecular formula is C11H20O3. The van der Waals surface area contributed by atoms with Crippen LogP contribution in [0, 0.1) is 0 Å². The van der Waals surface area contributed by atoms with Gasteiger partial charge < -0.3 is 14.6 Å². The molecule has 1 heterocycles. The average Bonchev–Trinajstić information content (AvgIpc) is 2.79. The third-order valence-electron chi connectivity index (χ3n) is 3.21. The number of hydrogen-bond acceptors (Lipinski definition) is 3. The van der Waals surface area contributed by atoms with Crippen LogP contribution in [0.2, 0.25) is 0 Å². The van der Waals surface area contributed by atoms with Gasteiger partial charge in [-0.2, -0.15) is 0 Å². The molecule has 0 amide bonds. The van der Waals surface area contributed by atoms with Crippen molar-refractivity contribution in [2.75, 3.05) is 13.2 Å². The summed E-state index contributed by atoms with van der Waals surface area (Å²) in [4.78, 5) is 0. The summed E-state index contributed by atoms with van der Waals surface area (Å²) in [6, 6.07) is 0. The van der Waals surface area contributed by atoms with E-state index in [2.05, 4.69) is 0 Å². The summed E-state index contributed by atoms with van der Waals surface area (Å²) in [5, 5.41) is 8.67. The second kappa shape index (κ2) is 4.60. The number of unbranched alkanes of at least 4 members (excludes halogenated alkanes) is 1. The highest BCUT2D eigenvalue weighted by atomic mass is 16.7. The molecule has 0 aromatic rings. The maximum Gasteiger partial charge on any atom is 0.168 e. The van der Waals surface area contributed by atoms with Crippen molar-refractivity contribution in [1.82, 2.24) is 0 Å². The highest BCUT2D eigenvalue weighted by molar-refractivity contribution is 4.83. The molecule has 2 fully saturated rings. The van der Waals surface area contributed by atoms with Crippen LogP contribution in [0.5, 0.6) is 0 Å². The van der Waals surface area contributed by atoms with Crippen LogP contribution in [0.4, 0.5) is 0 Å². The minimum atomic E-state index is -0.204. The van der Waals surface area contributed by atoms with Gasteiger partial charge in [0.15, 0.2) is 5.79 Å². The van der Waals surface area contributed by atoms with E-state index in [9.17, 15) is 0 Å². The first-order valence-corrected chi connectivity index (χ1v) is 5.77. The molecule has 14 heavy (non-hydrogen) atoms. The fourth-order valence-electron chi connectivity index (χ4n) is 2.42. The summed E-state index contributed by atoms with van der Waals surface area (Å²) >= 11 is 0. The minimum absolute atomic E-state index is 0.204. The molecule has 2 rings (SSSR count). The average molecular weight is 200 g/mol. The number of hydrogen-bond donors (Lipinski definition) is 1. The molecule has 1 spiro atoms. The third-order valence-corrected chi connectivity index (χ3v) is 3.21. The summed E-state index contributed by atoms with van der Waals surface area (Å²) in [6.45, 7) is 1.05. The fraction of sp³-hybridized carbons (Fsp3) is 1.00. The molecule has 0 unspecified atom stereocenters. The lowest BCUT2D eigenvalue weighted by Gasteiger charge is -2.21. The smallest absolute Gasteiger partial charge is 0.168 e. The topological polar surface area (TPSA) is 38.7 Å². The van der Waals surface area contributed by atoms with Crippen molar-refractivity contribution in [3.05, 3.63) is 0 Å². The summed E-state index contributed by atoms with van der Waals surface area (Å²) in [5.41, 5.74) is 0. The van der Waals surface area contributed by atoms with E-state index in [1.54, 1.807) is 0 Å². The first kappa shape index (κ1) is 10.4. The Kier molecular flexibility index (Phi) is 3.42. The lowest BCUT2D eigenvalue weighted by atomic mass is 10.1. The summed E-state index contributed by atoms with van der Waals surface area (Å²) in [6.07, 6.45) is 7.86.